The van der Waals surface area contributed by atoms with Crippen molar-refractivity contribution in [2.24, 2.45) is 5.73 Å². The van der Waals surface area contributed by atoms with Crippen LogP contribution >= 0.6 is 0 Å². The SMILES string of the molecule is [CH2]C(N)CNC(=O)C=C. The Bertz CT molecular complexity index is 110. The summed E-state index contributed by atoms with van der Waals surface area (Å²) in [5, 5.41) is 2.49. The molecule has 0 fully saturated rings. The maximum atomic E-state index is 10.4. The Balaban J connectivity index is 3.27. The van der Waals surface area contributed by atoms with Crippen molar-refractivity contribution < 1.29 is 4.79 Å². The van der Waals surface area contributed by atoms with E-state index in [1.165, 1.54) is 6.08 Å². The lowest BCUT2D eigenvalue weighted by Gasteiger charge is -2.03. The first kappa shape index (κ1) is 8.17. The van der Waals surface area contributed by atoms with E-state index in [0.717, 1.165) is 0 Å². The van der Waals surface area contributed by atoms with E-state index >= 15 is 0 Å². The highest BCUT2D eigenvalue weighted by Crippen LogP contribution is 1.70. The maximum absolute atomic E-state index is 10.4. The molecule has 0 heterocycles. The van der Waals surface area contributed by atoms with Gasteiger partial charge in [0, 0.05) is 12.6 Å². The summed E-state index contributed by atoms with van der Waals surface area (Å²) in [6, 6.07) is -0.242. The molecule has 3 heteroatoms. The van der Waals surface area contributed by atoms with Gasteiger partial charge in [0.2, 0.25) is 5.91 Å². The molecule has 0 aliphatic carbocycles. The van der Waals surface area contributed by atoms with Crippen LogP contribution in [0.5, 0.6) is 0 Å². The second-order valence-electron chi connectivity index (χ2n) is 1.71. The third-order valence-electron chi connectivity index (χ3n) is 0.724. The zero-order valence-corrected chi connectivity index (χ0v) is 5.26. The van der Waals surface area contributed by atoms with Crippen LogP contribution in [0, 0.1) is 6.92 Å². The molecule has 0 rings (SSSR count). The Hall–Kier alpha value is -0.830. The number of rotatable bonds is 3. The normalized spacial score (nSPS) is 12.2. The van der Waals surface area contributed by atoms with Crippen molar-refractivity contribution in [2.75, 3.05) is 6.54 Å². The van der Waals surface area contributed by atoms with E-state index in [1.54, 1.807) is 0 Å². The number of amides is 1. The first-order chi connectivity index (χ1) is 4.16. The third kappa shape index (κ3) is 5.03. The lowest BCUT2D eigenvalue weighted by atomic mass is 10.3. The highest BCUT2D eigenvalue weighted by Gasteiger charge is 1.94. The number of hydrogen-bond donors (Lipinski definition) is 2. The van der Waals surface area contributed by atoms with Crippen LogP contribution in [0.3, 0.4) is 0 Å². The Morgan fingerprint density at radius 2 is 2.44 bits per heavy atom. The summed E-state index contributed by atoms with van der Waals surface area (Å²) >= 11 is 0. The second kappa shape index (κ2) is 4.09. The predicted octanol–water partition coefficient (Wildman–Crippen LogP) is -0.550. The van der Waals surface area contributed by atoms with Gasteiger partial charge in [-0.2, -0.15) is 0 Å². The van der Waals surface area contributed by atoms with Gasteiger partial charge in [0.1, 0.15) is 0 Å². The van der Waals surface area contributed by atoms with Crippen LogP contribution in [0.4, 0.5) is 0 Å². The van der Waals surface area contributed by atoms with Crippen molar-refractivity contribution in [3.8, 4) is 0 Å². The average molecular weight is 127 g/mol. The van der Waals surface area contributed by atoms with E-state index in [1.807, 2.05) is 0 Å². The Kier molecular flexibility index (Phi) is 3.71. The predicted molar refractivity (Wildman–Crippen MR) is 36.5 cm³/mol. The molecule has 1 atom stereocenters. The first-order valence-electron chi connectivity index (χ1n) is 2.65. The van der Waals surface area contributed by atoms with Gasteiger partial charge < -0.3 is 11.1 Å². The van der Waals surface area contributed by atoms with Crippen LogP contribution in [0.2, 0.25) is 0 Å². The molecule has 51 valence electrons. The molecule has 0 saturated heterocycles. The van der Waals surface area contributed by atoms with Gasteiger partial charge in [-0.1, -0.05) is 6.58 Å². The average Bonchev–Trinajstić information content (AvgIpc) is 1.83. The fourth-order valence-electron chi connectivity index (χ4n) is 0.304. The molecule has 3 N–H and O–H groups in total. The van der Waals surface area contributed by atoms with Crippen molar-refractivity contribution in [2.45, 2.75) is 6.04 Å². The molecule has 0 aliphatic rings. The molecule has 0 bridgehead atoms. The van der Waals surface area contributed by atoms with Gasteiger partial charge in [0.05, 0.1) is 0 Å². The molecule has 3 nitrogen and oxygen atoms in total. The topological polar surface area (TPSA) is 55.1 Å². The molecule has 9 heavy (non-hydrogen) atoms. The van der Waals surface area contributed by atoms with Crippen molar-refractivity contribution in [3.05, 3.63) is 19.6 Å². The molecule has 0 saturated carbocycles. The van der Waals surface area contributed by atoms with E-state index in [0.29, 0.717) is 6.54 Å². The summed E-state index contributed by atoms with van der Waals surface area (Å²) in [7, 11) is 0. The van der Waals surface area contributed by atoms with Gasteiger partial charge in [-0.25, -0.2) is 0 Å². The van der Waals surface area contributed by atoms with Gasteiger partial charge in [-0.05, 0) is 13.0 Å². The van der Waals surface area contributed by atoms with Crippen LogP contribution in [0.1, 0.15) is 0 Å². The molecular weight excluding hydrogens is 116 g/mol. The van der Waals surface area contributed by atoms with Crippen LogP contribution in [0.15, 0.2) is 12.7 Å². The molecule has 0 aromatic rings. The van der Waals surface area contributed by atoms with Crippen molar-refractivity contribution >= 4 is 5.91 Å². The minimum Gasteiger partial charge on any atom is -0.351 e. The summed E-state index contributed by atoms with van der Waals surface area (Å²) in [4.78, 5) is 10.4. The molecule has 1 amide bonds. The van der Waals surface area contributed by atoms with Crippen LogP contribution in [-0.4, -0.2) is 18.5 Å². The molecule has 1 radical (unpaired) electrons. The summed E-state index contributed by atoms with van der Waals surface area (Å²) < 4.78 is 0. The van der Waals surface area contributed by atoms with Crippen molar-refractivity contribution in [3.63, 3.8) is 0 Å². The third-order valence-corrected chi connectivity index (χ3v) is 0.724. The van der Waals surface area contributed by atoms with E-state index in [4.69, 9.17) is 5.73 Å². The van der Waals surface area contributed by atoms with Crippen LogP contribution in [-0.2, 0) is 4.79 Å². The summed E-state index contributed by atoms with van der Waals surface area (Å²) in [5.74, 6) is -0.214. The fraction of sp³-hybridized carbons (Fsp3) is 0.333. The Morgan fingerprint density at radius 1 is 1.89 bits per heavy atom. The highest BCUT2D eigenvalue weighted by atomic mass is 16.1. The summed E-state index contributed by atoms with van der Waals surface area (Å²) in [6.07, 6.45) is 1.20. The van der Waals surface area contributed by atoms with Gasteiger partial charge >= 0.3 is 0 Å². The molecule has 0 spiro atoms. The quantitative estimate of drug-likeness (QED) is 0.500. The smallest absolute Gasteiger partial charge is 0.243 e. The number of carbonyl (C=O) groups is 1. The number of nitrogens with two attached hydrogens (primary N) is 1. The lowest BCUT2D eigenvalue weighted by Crippen LogP contribution is -2.34. The zero-order chi connectivity index (χ0) is 7.28. The molecule has 0 aromatic carbocycles. The number of nitrogens with one attached hydrogen (secondary N) is 1. The number of carbonyl (C=O) groups excluding carboxylic acids is 1. The number of hydrogen-bond acceptors (Lipinski definition) is 2. The molecule has 0 aliphatic heterocycles. The Labute approximate surface area is 54.9 Å². The monoisotopic (exact) mass is 127 g/mol. The van der Waals surface area contributed by atoms with E-state index in [-0.39, 0.29) is 11.9 Å². The maximum Gasteiger partial charge on any atom is 0.243 e. The fourth-order valence-corrected chi connectivity index (χ4v) is 0.304. The van der Waals surface area contributed by atoms with Crippen molar-refractivity contribution in [1.29, 1.82) is 0 Å². The second-order valence-corrected chi connectivity index (χ2v) is 1.71. The largest absolute Gasteiger partial charge is 0.351 e. The summed E-state index contributed by atoms with van der Waals surface area (Å²) in [6.45, 7) is 7.13. The van der Waals surface area contributed by atoms with E-state index < -0.39 is 0 Å². The highest BCUT2D eigenvalue weighted by molar-refractivity contribution is 5.86. The Morgan fingerprint density at radius 3 is 2.78 bits per heavy atom. The molecule has 0 aromatic heterocycles. The van der Waals surface area contributed by atoms with Crippen LogP contribution in [0.25, 0.3) is 0 Å². The first-order valence-corrected chi connectivity index (χ1v) is 2.65. The molecule has 1 unspecified atom stereocenters. The lowest BCUT2D eigenvalue weighted by molar-refractivity contribution is -0.116. The van der Waals surface area contributed by atoms with Gasteiger partial charge in [0.15, 0.2) is 0 Å². The summed E-state index contributed by atoms with van der Waals surface area (Å²) in [5.41, 5.74) is 5.24. The zero-order valence-electron chi connectivity index (χ0n) is 5.26. The van der Waals surface area contributed by atoms with Gasteiger partial charge in [-0.15, -0.1) is 0 Å². The standard InChI is InChI=1S/C6H11N2O/c1-3-6(9)8-4-5(2)7/h3,5H,1-2,4,7H2,(H,8,9). The van der Waals surface area contributed by atoms with E-state index in [2.05, 4.69) is 18.8 Å². The minimum atomic E-state index is -0.242. The van der Waals surface area contributed by atoms with E-state index in [9.17, 15) is 4.79 Å². The van der Waals surface area contributed by atoms with Gasteiger partial charge in [-0.3, -0.25) is 4.79 Å². The minimum absolute atomic E-state index is 0.214. The van der Waals surface area contributed by atoms with Crippen LogP contribution < -0.4 is 11.1 Å². The van der Waals surface area contributed by atoms with Crippen molar-refractivity contribution in [1.82, 2.24) is 5.32 Å². The molecular formula is C6H11N2O. The van der Waals surface area contributed by atoms with Gasteiger partial charge in [0.25, 0.3) is 0 Å².